The van der Waals surface area contributed by atoms with Gasteiger partial charge in [-0.05, 0) is 48.9 Å². The highest BCUT2D eigenvalue weighted by Crippen LogP contribution is 2.29. The summed E-state index contributed by atoms with van der Waals surface area (Å²) in [6, 6.07) is 13.0. The first-order valence-corrected chi connectivity index (χ1v) is 13.0. The number of aromatic nitrogens is 5. The van der Waals surface area contributed by atoms with Crippen LogP contribution in [0.25, 0.3) is 32.6 Å². The molecule has 3 aromatic heterocycles. The summed E-state index contributed by atoms with van der Waals surface area (Å²) in [4.78, 5) is 52.0. The number of amides is 1. The van der Waals surface area contributed by atoms with Crippen molar-refractivity contribution in [1.29, 1.82) is 0 Å². The Morgan fingerprint density at radius 2 is 1.81 bits per heavy atom. The van der Waals surface area contributed by atoms with E-state index in [0.717, 1.165) is 32.1 Å². The topological polar surface area (TPSA) is 121 Å². The lowest BCUT2D eigenvalue weighted by molar-refractivity contribution is -0.113. The molecule has 2 aromatic carbocycles. The zero-order valence-corrected chi connectivity index (χ0v) is 22.1. The molecule has 0 saturated carbocycles. The van der Waals surface area contributed by atoms with Crippen LogP contribution in [-0.4, -0.2) is 42.9 Å². The van der Waals surface area contributed by atoms with Gasteiger partial charge in [-0.15, -0.1) is 0 Å². The first-order chi connectivity index (χ1) is 17.7. The van der Waals surface area contributed by atoms with Crippen molar-refractivity contribution in [3.8, 4) is 17.1 Å². The van der Waals surface area contributed by atoms with Crippen LogP contribution in [0.4, 0.5) is 5.13 Å². The molecule has 5 rings (SSSR count). The van der Waals surface area contributed by atoms with Crippen molar-refractivity contribution >= 4 is 55.4 Å². The average Bonchev–Trinajstić information content (AvgIpc) is 3.30. The number of aryl methyl sites for hydroxylation is 2. The van der Waals surface area contributed by atoms with Crippen LogP contribution in [0.1, 0.15) is 5.56 Å². The van der Waals surface area contributed by atoms with E-state index in [9.17, 15) is 14.4 Å². The molecule has 0 fully saturated rings. The maximum Gasteiger partial charge on any atom is 0.332 e. The Bertz CT molecular complexity index is 1790. The molecule has 10 nitrogen and oxygen atoms in total. The molecule has 0 spiro atoms. The van der Waals surface area contributed by atoms with Crippen molar-refractivity contribution < 1.29 is 9.53 Å². The summed E-state index contributed by atoms with van der Waals surface area (Å²) in [6.07, 6.45) is 0. The minimum absolute atomic E-state index is 0.0187. The van der Waals surface area contributed by atoms with Gasteiger partial charge in [0.1, 0.15) is 16.2 Å². The van der Waals surface area contributed by atoms with Crippen LogP contribution < -0.4 is 21.3 Å². The van der Waals surface area contributed by atoms with Gasteiger partial charge in [-0.1, -0.05) is 29.2 Å². The molecular formula is C25H22N6O4S2. The molecule has 1 N–H and O–H groups in total. The van der Waals surface area contributed by atoms with Gasteiger partial charge in [0.25, 0.3) is 5.56 Å². The van der Waals surface area contributed by atoms with E-state index in [1.807, 2.05) is 25.1 Å². The monoisotopic (exact) mass is 534 g/mol. The number of ether oxygens (including phenoxy) is 1. The van der Waals surface area contributed by atoms with Gasteiger partial charge in [-0.25, -0.2) is 19.7 Å². The summed E-state index contributed by atoms with van der Waals surface area (Å²) in [5.41, 5.74) is 1.77. The fourth-order valence-corrected chi connectivity index (χ4v) is 5.57. The fraction of sp³-hybridized carbons (Fsp3) is 0.200. The van der Waals surface area contributed by atoms with Gasteiger partial charge in [0.15, 0.2) is 16.6 Å². The quantitative estimate of drug-likeness (QED) is 0.260. The van der Waals surface area contributed by atoms with Gasteiger partial charge in [0.05, 0.1) is 23.1 Å². The molecule has 5 aromatic rings. The van der Waals surface area contributed by atoms with Crippen LogP contribution in [0, 0.1) is 6.92 Å². The van der Waals surface area contributed by atoms with E-state index in [4.69, 9.17) is 4.74 Å². The summed E-state index contributed by atoms with van der Waals surface area (Å²) in [6.45, 7) is 2.00. The summed E-state index contributed by atoms with van der Waals surface area (Å²) < 4.78 is 8.51. The Morgan fingerprint density at radius 1 is 1.05 bits per heavy atom. The molecule has 1 amide bonds. The fourth-order valence-electron chi connectivity index (χ4n) is 3.78. The lowest BCUT2D eigenvalue weighted by Gasteiger charge is -2.12. The zero-order valence-electron chi connectivity index (χ0n) is 20.4. The molecule has 0 aliphatic rings. The van der Waals surface area contributed by atoms with Gasteiger partial charge in [0.2, 0.25) is 5.91 Å². The Kier molecular flexibility index (Phi) is 6.52. The van der Waals surface area contributed by atoms with E-state index >= 15 is 0 Å². The highest BCUT2D eigenvalue weighted by Gasteiger charge is 2.19. The molecule has 37 heavy (non-hydrogen) atoms. The second kappa shape index (κ2) is 9.79. The number of hydrogen-bond acceptors (Lipinski definition) is 9. The van der Waals surface area contributed by atoms with E-state index in [1.165, 1.54) is 23.0 Å². The molecule has 0 atom stereocenters. The lowest BCUT2D eigenvalue weighted by atomic mass is 10.2. The number of rotatable bonds is 6. The number of anilines is 1. The number of methoxy groups -OCH3 is 1. The minimum Gasteiger partial charge on any atom is -0.497 e. The van der Waals surface area contributed by atoms with Crippen molar-refractivity contribution in [3.05, 3.63) is 68.9 Å². The predicted octanol–water partition coefficient (Wildman–Crippen LogP) is 3.35. The number of thiazole rings is 1. The second-order valence-corrected chi connectivity index (χ2v) is 10.3. The molecule has 0 aliphatic carbocycles. The second-order valence-electron chi connectivity index (χ2n) is 8.31. The minimum atomic E-state index is -0.524. The summed E-state index contributed by atoms with van der Waals surface area (Å²) in [5, 5.41) is 3.81. The SMILES string of the molecule is COc1ccc(-c2nc(SCC(=O)Nc3nc4ccc(C)cc4s3)c3c(=O)n(C)c(=O)n(C)c3n2)cc1. The number of hydrogen-bond donors (Lipinski definition) is 1. The van der Waals surface area contributed by atoms with Gasteiger partial charge in [-0.3, -0.25) is 18.7 Å². The van der Waals surface area contributed by atoms with Crippen LogP contribution in [0.5, 0.6) is 5.75 Å². The maximum absolute atomic E-state index is 13.0. The normalized spacial score (nSPS) is 11.2. The third-order valence-corrected chi connectivity index (χ3v) is 7.65. The Labute approximate surface area is 219 Å². The Hall–Kier alpha value is -4.03. The molecule has 0 unspecified atom stereocenters. The first-order valence-electron chi connectivity index (χ1n) is 11.2. The van der Waals surface area contributed by atoms with Crippen LogP contribution in [-0.2, 0) is 18.9 Å². The standard InChI is InChI=1S/C25H22N6O4S2/c1-13-5-10-16-17(11-13)37-24(26-16)27-18(32)12-36-22-19-21(30(2)25(34)31(3)23(19)33)28-20(29-22)14-6-8-15(35-4)9-7-14/h5-11H,12H2,1-4H3,(H,26,27,32). The summed E-state index contributed by atoms with van der Waals surface area (Å²) in [7, 11) is 4.52. The van der Waals surface area contributed by atoms with Crippen LogP contribution in [0.3, 0.4) is 0 Å². The molecule has 188 valence electrons. The van der Waals surface area contributed by atoms with E-state index in [-0.39, 0.29) is 22.7 Å². The largest absolute Gasteiger partial charge is 0.497 e. The van der Waals surface area contributed by atoms with Gasteiger partial charge in [-0.2, -0.15) is 0 Å². The first kappa shape index (κ1) is 24.7. The number of carbonyl (C=O) groups excluding carboxylic acids is 1. The van der Waals surface area contributed by atoms with Gasteiger partial charge in [0, 0.05) is 19.7 Å². The van der Waals surface area contributed by atoms with Gasteiger partial charge < -0.3 is 10.1 Å². The number of benzene rings is 2. The van der Waals surface area contributed by atoms with Crippen molar-refractivity contribution in [1.82, 2.24) is 24.1 Å². The average molecular weight is 535 g/mol. The third kappa shape index (κ3) is 4.72. The number of fused-ring (bicyclic) bond motifs is 2. The number of thioether (sulfide) groups is 1. The third-order valence-electron chi connectivity index (χ3n) is 5.75. The van der Waals surface area contributed by atoms with Crippen molar-refractivity contribution in [2.75, 3.05) is 18.2 Å². The smallest absolute Gasteiger partial charge is 0.332 e. The molecule has 0 radical (unpaired) electrons. The summed E-state index contributed by atoms with van der Waals surface area (Å²) in [5.74, 6) is 0.680. The number of carbonyl (C=O) groups is 1. The van der Waals surface area contributed by atoms with Crippen molar-refractivity contribution in [2.24, 2.45) is 14.1 Å². The van der Waals surface area contributed by atoms with Crippen LogP contribution >= 0.6 is 23.1 Å². The molecule has 0 aliphatic heterocycles. The van der Waals surface area contributed by atoms with Crippen molar-refractivity contribution in [2.45, 2.75) is 11.9 Å². The number of nitrogens with one attached hydrogen (secondary N) is 1. The molecule has 0 bridgehead atoms. The molecular weight excluding hydrogens is 512 g/mol. The molecule has 0 saturated heterocycles. The zero-order chi connectivity index (χ0) is 26.3. The van der Waals surface area contributed by atoms with E-state index in [2.05, 4.69) is 20.3 Å². The molecule has 3 heterocycles. The predicted molar refractivity (Wildman–Crippen MR) is 146 cm³/mol. The Balaban J connectivity index is 1.50. The highest BCUT2D eigenvalue weighted by atomic mass is 32.2. The number of nitrogens with zero attached hydrogens (tertiary/aromatic N) is 5. The van der Waals surface area contributed by atoms with Crippen LogP contribution in [0.15, 0.2) is 57.1 Å². The van der Waals surface area contributed by atoms with E-state index < -0.39 is 11.2 Å². The van der Waals surface area contributed by atoms with E-state index in [1.54, 1.807) is 38.4 Å². The lowest BCUT2D eigenvalue weighted by Crippen LogP contribution is -2.37. The van der Waals surface area contributed by atoms with Gasteiger partial charge >= 0.3 is 5.69 Å². The Morgan fingerprint density at radius 3 is 2.54 bits per heavy atom. The summed E-state index contributed by atoms with van der Waals surface area (Å²) >= 11 is 2.50. The van der Waals surface area contributed by atoms with Crippen LogP contribution in [0.2, 0.25) is 0 Å². The van der Waals surface area contributed by atoms with Crippen molar-refractivity contribution in [3.63, 3.8) is 0 Å². The van der Waals surface area contributed by atoms with E-state index in [0.29, 0.717) is 27.3 Å². The highest BCUT2D eigenvalue weighted by molar-refractivity contribution is 8.00. The molecule has 12 heteroatoms. The maximum atomic E-state index is 13.0.